The van der Waals surface area contributed by atoms with Crippen LogP contribution < -0.4 is 5.32 Å². The SMILES string of the molecule is C=C(OC)C(=Cc1cc(Br)ccc1C)C(c1ccc(Cl)cc1)C1(O)CCNCC1Cc1cccc(F)c1. The van der Waals surface area contributed by atoms with Gasteiger partial charge in [-0.15, -0.1) is 0 Å². The van der Waals surface area contributed by atoms with Gasteiger partial charge in [-0.2, -0.15) is 0 Å². The van der Waals surface area contributed by atoms with Gasteiger partial charge >= 0.3 is 0 Å². The highest BCUT2D eigenvalue weighted by molar-refractivity contribution is 9.10. The highest BCUT2D eigenvalue weighted by atomic mass is 79.9. The zero-order valence-electron chi connectivity index (χ0n) is 21.1. The van der Waals surface area contributed by atoms with Crippen LogP contribution in [0.15, 0.2) is 89.1 Å². The van der Waals surface area contributed by atoms with Gasteiger partial charge in [0.05, 0.1) is 12.7 Å². The molecule has 0 amide bonds. The number of ether oxygens (including phenoxy) is 1. The maximum atomic E-state index is 14.0. The lowest BCUT2D eigenvalue weighted by molar-refractivity contribution is -0.0552. The molecule has 3 nitrogen and oxygen atoms in total. The van der Waals surface area contributed by atoms with E-state index in [9.17, 15) is 9.50 Å². The zero-order valence-corrected chi connectivity index (χ0v) is 23.4. The van der Waals surface area contributed by atoms with Crippen LogP contribution in [0.2, 0.25) is 5.02 Å². The van der Waals surface area contributed by atoms with E-state index in [1.165, 1.54) is 6.07 Å². The number of piperidine rings is 1. The molecule has 3 aromatic rings. The third-order valence-electron chi connectivity index (χ3n) is 7.31. The molecule has 0 radical (unpaired) electrons. The number of allylic oxidation sites excluding steroid dienone is 1. The summed E-state index contributed by atoms with van der Waals surface area (Å²) in [6.45, 7) is 7.53. The number of rotatable bonds is 8. The fourth-order valence-corrected chi connectivity index (χ4v) is 5.80. The number of methoxy groups -OCH3 is 1. The second-order valence-corrected chi connectivity index (χ2v) is 11.0. The Morgan fingerprint density at radius 3 is 2.70 bits per heavy atom. The minimum absolute atomic E-state index is 0.194. The molecule has 2 N–H and O–H groups in total. The number of halogens is 3. The van der Waals surface area contributed by atoms with E-state index < -0.39 is 11.5 Å². The molecule has 1 aliphatic rings. The van der Waals surface area contributed by atoms with Gasteiger partial charge in [-0.25, -0.2) is 4.39 Å². The molecule has 0 bridgehead atoms. The summed E-state index contributed by atoms with van der Waals surface area (Å²) in [5.41, 5.74) is 3.48. The molecule has 1 fully saturated rings. The lowest BCUT2D eigenvalue weighted by atomic mass is 9.65. The van der Waals surface area contributed by atoms with Crippen LogP contribution in [0.3, 0.4) is 0 Å². The van der Waals surface area contributed by atoms with E-state index in [2.05, 4.69) is 40.8 Å². The number of benzene rings is 3. The molecule has 0 saturated carbocycles. The van der Waals surface area contributed by atoms with Gasteiger partial charge < -0.3 is 15.2 Å². The van der Waals surface area contributed by atoms with Gasteiger partial charge in [0, 0.05) is 33.4 Å². The van der Waals surface area contributed by atoms with Crippen LogP contribution in [0.5, 0.6) is 0 Å². The molecule has 3 atom stereocenters. The molecule has 3 unspecified atom stereocenters. The number of hydrogen-bond donors (Lipinski definition) is 2. The standard InChI is InChI=1S/C31H32BrClFNO2/c1-20-7-10-26(32)17-24(20)18-29(21(2)37-3)30(23-8-11-27(33)12-9-23)31(36)13-14-35-19-25(31)15-22-5-4-6-28(34)16-22/h4-12,16-18,25,30,35-36H,2,13-15,19H2,1,3H3. The summed E-state index contributed by atoms with van der Waals surface area (Å²) in [5.74, 6) is -0.454. The second kappa shape index (κ2) is 12.0. The molecule has 6 heteroatoms. The highest BCUT2D eigenvalue weighted by Gasteiger charge is 2.48. The Balaban J connectivity index is 1.90. The van der Waals surface area contributed by atoms with Crippen LogP contribution in [-0.2, 0) is 11.2 Å². The molecule has 37 heavy (non-hydrogen) atoms. The van der Waals surface area contributed by atoms with Gasteiger partial charge in [0.1, 0.15) is 11.6 Å². The molecule has 1 saturated heterocycles. The number of nitrogens with one attached hydrogen (secondary N) is 1. The first kappa shape index (κ1) is 27.6. The largest absolute Gasteiger partial charge is 0.497 e. The zero-order chi connectivity index (χ0) is 26.6. The van der Waals surface area contributed by atoms with Crippen molar-refractivity contribution in [1.82, 2.24) is 5.32 Å². The summed E-state index contributed by atoms with van der Waals surface area (Å²) in [6, 6.07) is 20.3. The van der Waals surface area contributed by atoms with Gasteiger partial charge in [-0.1, -0.05) is 64.4 Å². The first-order valence-corrected chi connectivity index (χ1v) is 13.5. The Morgan fingerprint density at radius 2 is 2.00 bits per heavy atom. The molecule has 1 aliphatic heterocycles. The van der Waals surface area contributed by atoms with Crippen molar-refractivity contribution >= 4 is 33.6 Å². The van der Waals surface area contributed by atoms with E-state index in [-0.39, 0.29) is 11.7 Å². The molecule has 194 valence electrons. The topological polar surface area (TPSA) is 41.5 Å². The van der Waals surface area contributed by atoms with Gasteiger partial charge in [-0.3, -0.25) is 0 Å². The van der Waals surface area contributed by atoms with Crippen molar-refractivity contribution in [1.29, 1.82) is 0 Å². The number of aryl methyl sites for hydroxylation is 1. The van der Waals surface area contributed by atoms with E-state index in [0.717, 1.165) is 32.3 Å². The fourth-order valence-electron chi connectivity index (χ4n) is 5.29. The maximum absolute atomic E-state index is 14.0. The average molecular weight is 585 g/mol. The second-order valence-electron chi connectivity index (χ2n) is 9.69. The smallest absolute Gasteiger partial charge is 0.123 e. The Morgan fingerprint density at radius 1 is 1.24 bits per heavy atom. The van der Waals surface area contributed by atoms with Gasteiger partial charge in [0.15, 0.2) is 0 Å². The van der Waals surface area contributed by atoms with Crippen LogP contribution in [-0.4, -0.2) is 30.9 Å². The van der Waals surface area contributed by atoms with Crippen molar-refractivity contribution in [3.8, 4) is 0 Å². The number of aliphatic hydroxyl groups is 1. The predicted octanol–water partition coefficient (Wildman–Crippen LogP) is 7.46. The van der Waals surface area contributed by atoms with E-state index >= 15 is 0 Å². The molecular weight excluding hydrogens is 553 g/mol. The Hall–Kier alpha value is -2.44. The van der Waals surface area contributed by atoms with Crippen LogP contribution in [0.25, 0.3) is 6.08 Å². The van der Waals surface area contributed by atoms with Crippen LogP contribution in [0, 0.1) is 18.7 Å². The maximum Gasteiger partial charge on any atom is 0.123 e. The van der Waals surface area contributed by atoms with Crippen LogP contribution in [0.4, 0.5) is 4.39 Å². The molecule has 0 aliphatic carbocycles. The first-order valence-electron chi connectivity index (χ1n) is 12.4. The molecule has 0 spiro atoms. The molecule has 0 aromatic heterocycles. The normalized spacial score (nSPS) is 20.9. The molecule has 4 rings (SSSR count). The van der Waals surface area contributed by atoms with Crippen molar-refractivity contribution < 1.29 is 14.2 Å². The molecule has 1 heterocycles. The predicted molar refractivity (Wildman–Crippen MR) is 153 cm³/mol. The lowest BCUT2D eigenvalue weighted by Gasteiger charge is -2.47. The fraction of sp³-hybridized carbons (Fsp3) is 0.290. The van der Waals surface area contributed by atoms with Gasteiger partial charge in [-0.05, 0) is 91.0 Å². The molecular formula is C31H32BrClFNO2. The minimum atomic E-state index is -1.17. The molecule has 3 aromatic carbocycles. The van der Waals surface area contributed by atoms with Crippen LogP contribution in [0.1, 0.15) is 34.6 Å². The third-order valence-corrected chi connectivity index (χ3v) is 8.05. The average Bonchev–Trinajstić information content (AvgIpc) is 2.88. The Kier molecular flexibility index (Phi) is 8.91. The van der Waals surface area contributed by atoms with Crippen LogP contribution >= 0.6 is 27.5 Å². The first-order chi connectivity index (χ1) is 17.7. The van der Waals surface area contributed by atoms with Gasteiger partial charge in [0.25, 0.3) is 0 Å². The van der Waals surface area contributed by atoms with Crippen molar-refractivity contribution in [2.75, 3.05) is 20.2 Å². The monoisotopic (exact) mass is 583 g/mol. The van der Waals surface area contributed by atoms with E-state index in [1.54, 1.807) is 19.2 Å². The third kappa shape index (κ3) is 6.35. The summed E-state index contributed by atoms with van der Waals surface area (Å²) in [5, 5.41) is 16.7. The van der Waals surface area contributed by atoms with E-state index in [4.69, 9.17) is 16.3 Å². The van der Waals surface area contributed by atoms with Crippen molar-refractivity contribution in [2.24, 2.45) is 5.92 Å². The summed E-state index contributed by atoms with van der Waals surface area (Å²) in [6.07, 6.45) is 3.09. The summed E-state index contributed by atoms with van der Waals surface area (Å²) in [7, 11) is 1.60. The summed E-state index contributed by atoms with van der Waals surface area (Å²) >= 11 is 9.84. The van der Waals surface area contributed by atoms with Gasteiger partial charge in [0.2, 0.25) is 0 Å². The summed E-state index contributed by atoms with van der Waals surface area (Å²) < 4.78 is 20.7. The van der Waals surface area contributed by atoms with Crippen molar-refractivity contribution in [2.45, 2.75) is 31.3 Å². The van der Waals surface area contributed by atoms with E-state index in [0.29, 0.717) is 36.7 Å². The minimum Gasteiger partial charge on any atom is -0.497 e. The Labute approximate surface area is 232 Å². The lowest BCUT2D eigenvalue weighted by Crippen LogP contribution is -2.55. The quantitative estimate of drug-likeness (QED) is 0.213. The Bertz CT molecular complexity index is 1290. The van der Waals surface area contributed by atoms with Crippen molar-refractivity contribution in [3.63, 3.8) is 0 Å². The highest BCUT2D eigenvalue weighted by Crippen LogP contribution is 2.47. The number of hydrogen-bond acceptors (Lipinski definition) is 3. The van der Waals surface area contributed by atoms with Crippen molar-refractivity contribution in [3.05, 3.63) is 122 Å². The summed E-state index contributed by atoms with van der Waals surface area (Å²) in [4.78, 5) is 0. The van der Waals surface area contributed by atoms with E-state index in [1.807, 2.05) is 48.5 Å².